The summed E-state index contributed by atoms with van der Waals surface area (Å²) in [6.45, 7) is 0. The first-order valence-electron chi connectivity index (χ1n) is 8.08. The summed E-state index contributed by atoms with van der Waals surface area (Å²) in [5, 5.41) is 14.8. The number of benzene rings is 1. The minimum absolute atomic E-state index is 0.0503. The summed E-state index contributed by atoms with van der Waals surface area (Å²) in [4.78, 5) is 24.1. The number of aromatic nitrogens is 3. The van der Waals surface area contributed by atoms with E-state index >= 15 is 0 Å². The highest BCUT2D eigenvalue weighted by atomic mass is 32.1. The van der Waals surface area contributed by atoms with Crippen LogP contribution in [0.4, 0.5) is 16.0 Å². The van der Waals surface area contributed by atoms with Crippen LogP contribution in [0.1, 0.15) is 29.5 Å². The fourth-order valence-electron chi connectivity index (χ4n) is 2.92. The fourth-order valence-corrected chi connectivity index (χ4v) is 4.09. The second-order valence-corrected chi connectivity index (χ2v) is 7.03. The summed E-state index contributed by atoms with van der Waals surface area (Å²) in [7, 11) is 0. The number of thiazole rings is 1. The van der Waals surface area contributed by atoms with E-state index in [1.54, 1.807) is 23.5 Å². The van der Waals surface area contributed by atoms with Crippen LogP contribution in [0.15, 0.2) is 36.7 Å². The Labute approximate surface area is 152 Å². The van der Waals surface area contributed by atoms with Gasteiger partial charge in [0.15, 0.2) is 0 Å². The fraction of sp³-hybridized carbons (Fsp3) is 0.235. The molecule has 0 bridgehead atoms. The zero-order valence-electron chi connectivity index (χ0n) is 13.6. The van der Waals surface area contributed by atoms with Crippen LogP contribution in [0.3, 0.4) is 0 Å². The highest BCUT2D eigenvalue weighted by molar-refractivity contribution is 7.15. The summed E-state index contributed by atoms with van der Waals surface area (Å²) in [5.74, 6) is 0.0646. The molecule has 1 unspecified atom stereocenters. The van der Waals surface area contributed by atoms with Crippen LogP contribution in [0.2, 0.25) is 0 Å². The number of rotatable bonds is 4. The monoisotopic (exact) mass is 371 g/mol. The molecule has 0 saturated heterocycles. The van der Waals surface area contributed by atoms with E-state index < -0.39 is 4.92 Å². The van der Waals surface area contributed by atoms with E-state index in [1.807, 2.05) is 0 Å². The highest BCUT2D eigenvalue weighted by Gasteiger charge is 2.26. The molecule has 26 heavy (non-hydrogen) atoms. The van der Waals surface area contributed by atoms with E-state index in [2.05, 4.69) is 15.3 Å². The maximum atomic E-state index is 13.1. The number of nitrogens with zero attached hydrogens (tertiary/aromatic N) is 4. The maximum absolute atomic E-state index is 13.1. The number of nitrogens with one attached hydrogen (secondary N) is 1. The van der Waals surface area contributed by atoms with E-state index in [9.17, 15) is 14.5 Å². The van der Waals surface area contributed by atoms with Crippen LogP contribution in [0.25, 0.3) is 10.6 Å². The Morgan fingerprint density at radius 2 is 1.96 bits per heavy atom. The van der Waals surface area contributed by atoms with Crippen LogP contribution < -0.4 is 5.32 Å². The number of fused-ring (bicyclic) bond motifs is 1. The summed E-state index contributed by atoms with van der Waals surface area (Å²) >= 11 is 1.61. The van der Waals surface area contributed by atoms with Crippen LogP contribution in [-0.4, -0.2) is 19.9 Å². The van der Waals surface area contributed by atoms with Crippen LogP contribution in [-0.2, 0) is 6.42 Å². The third kappa shape index (κ3) is 3.25. The van der Waals surface area contributed by atoms with Gasteiger partial charge in [-0.15, -0.1) is 11.3 Å². The third-order valence-corrected chi connectivity index (χ3v) is 5.38. The Morgan fingerprint density at radius 3 is 2.65 bits per heavy atom. The van der Waals surface area contributed by atoms with Crippen molar-refractivity contribution in [2.45, 2.75) is 25.3 Å². The molecule has 132 valence electrons. The second-order valence-electron chi connectivity index (χ2n) is 5.95. The van der Waals surface area contributed by atoms with Crippen LogP contribution in [0.5, 0.6) is 0 Å². The first-order chi connectivity index (χ1) is 12.6. The standard InChI is InChI=1S/C17H14FN5O2S/c18-11-6-4-10(5-7-11)16-22-15-13(2-1-3-14(15)26-16)21-17-19-8-12(9-20-17)23(24)25/h4-9,13H,1-3H2,(H,19,20,21). The number of anilines is 1. The molecular formula is C17H14FN5O2S. The largest absolute Gasteiger partial charge is 0.346 e. The molecular weight excluding hydrogens is 357 g/mol. The van der Waals surface area contributed by atoms with E-state index in [1.165, 1.54) is 29.4 Å². The number of hydrogen-bond acceptors (Lipinski definition) is 7. The molecule has 1 N–H and O–H groups in total. The van der Waals surface area contributed by atoms with Crippen molar-refractivity contribution in [3.63, 3.8) is 0 Å². The van der Waals surface area contributed by atoms with Gasteiger partial charge in [-0.05, 0) is 43.5 Å². The van der Waals surface area contributed by atoms with E-state index in [4.69, 9.17) is 4.98 Å². The molecule has 7 nitrogen and oxygen atoms in total. The molecule has 0 radical (unpaired) electrons. The van der Waals surface area contributed by atoms with Crippen molar-refractivity contribution < 1.29 is 9.31 Å². The van der Waals surface area contributed by atoms with Gasteiger partial charge in [0.2, 0.25) is 5.95 Å². The molecule has 0 saturated carbocycles. The third-order valence-electron chi connectivity index (χ3n) is 4.20. The van der Waals surface area contributed by atoms with Crippen molar-refractivity contribution in [2.75, 3.05) is 5.32 Å². The summed E-state index contributed by atoms with van der Waals surface area (Å²) < 4.78 is 13.1. The molecule has 0 fully saturated rings. The SMILES string of the molecule is O=[N+]([O-])c1cnc(NC2CCCc3sc(-c4ccc(F)cc4)nc32)nc1. The van der Waals surface area contributed by atoms with Crippen molar-refractivity contribution in [3.8, 4) is 10.6 Å². The molecule has 1 aliphatic rings. The molecule has 4 rings (SSSR count). The first-order valence-corrected chi connectivity index (χ1v) is 8.90. The quantitative estimate of drug-likeness (QED) is 0.547. The van der Waals surface area contributed by atoms with Gasteiger partial charge in [0, 0.05) is 10.4 Å². The van der Waals surface area contributed by atoms with Gasteiger partial charge in [0.25, 0.3) is 0 Å². The van der Waals surface area contributed by atoms with Gasteiger partial charge in [0.1, 0.15) is 23.2 Å². The number of aryl methyl sites for hydroxylation is 1. The summed E-state index contributed by atoms with van der Waals surface area (Å²) in [6, 6.07) is 6.25. The maximum Gasteiger partial charge on any atom is 0.305 e. The first kappa shape index (κ1) is 16.5. The topological polar surface area (TPSA) is 93.8 Å². The lowest BCUT2D eigenvalue weighted by Crippen LogP contribution is -2.18. The lowest BCUT2D eigenvalue weighted by Gasteiger charge is -2.22. The molecule has 1 atom stereocenters. The Balaban J connectivity index is 1.58. The Bertz CT molecular complexity index is 943. The highest BCUT2D eigenvalue weighted by Crippen LogP contribution is 2.38. The molecule has 9 heteroatoms. The van der Waals surface area contributed by atoms with Gasteiger partial charge in [-0.1, -0.05) is 0 Å². The molecule has 0 aliphatic heterocycles. The minimum atomic E-state index is -0.530. The predicted molar refractivity (Wildman–Crippen MR) is 95.5 cm³/mol. The minimum Gasteiger partial charge on any atom is -0.346 e. The lowest BCUT2D eigenvalue weighted by atomic mass is 9.98. The van der Waals surface area contributed by atoms with Gasteiger partial charge in [0.05, 0.1) is 16.7 Å². The van der Waals surface area contributed by atoms with Gasteiger partial charge >= 0.3 is 5.69 Å². The average molecular weight is 371 g/mol. The molecule has 2 aromatic heterocycles. The van der Waals surface area contributed by atoms with Gasteiger partial charge in [-0.3, -0.25) is 10.1 Å². The Morgan fingerprint density at radius 1 is 1.23 bits per heavy atom. The molecule has 3 aromatic rings. The zero-order valence-corrected chi connectivity index (χ0v) is 14.4. The van der Waals surface area contributed by atoms with Crippen molar-refractivity contribution in [1.29, 1.82) is 0 Å². The molecule has 2 heterocycles. The summed E-state index contributed by atoms with van der Waals surface area (Å²) in [6.07, 6.45) is 5.20. The average Bonchev–Trinajstić information content (AvgIpc) is 3.08. The zero-order chi connectivity index (χ0) is 18.1. The molecule has 0 spiro atoms. The van der Waals surface area contributed by atoms with Gasteiger partial charge in [-0.25, -0.2) is 19.3 Å². The predicted octanol–water partition coefficient (Wildman–Crippen LogP) is 4.14. The van der Waals surface area contributed by atoms with E-state index in [0.29, 0.717) is 5.95 Å². The van der Waals surface area contributed by atoms with Gasteiger partial charge < -0.3 is 5.32 Å². The van der Waals surface area contributed by atoms with Gasteiger partial charge in [-0.2, -0.15) is 0 Å². The molecule has 1 aliphatic carbocycles. The van der Waals surface area contributed by atoms with E-state index in [0.717, 1.165) is 35.5 Å². The van der Waals surface area contributed by atoms with Crippen molar-refractivity contribution in [2.24, 2.45) is 0 Å². The number of halogens is 1. The molecule has 1 aromatic carbocycles. The van der Waals surface area contributed by atoms with Crippen LogP contribution in [0, 0.1) is 15.9 Å². The van der Waals surface area contributed by atoms with E-state index in [-0.39, 0.29) is 17.5 Å². The number of nitro groups is 1. The normalized spacial score (nSPS) is 16.1. The smallest absolute Gasteiger partial charge is 0.305 e. The Kier molecular flexibility index (Phi) is 4.29. The van der Waals surface area contributed by atoms with Crippen molar-refractivity contribution >= 4 is 23.0 Å². The summed E-state index contributed by atoms with van der Waals surface area (Å²) in [5.41, 5.74) is 1.69. The van der Waals surface area contributed by atoms with Crippen LogP contribution >= 0.6 is 11.3 Å². The molecule has 0 amide bonds. The lowest BCUT2D eigenvalue weighted by molar-refractivity contribution is -0.385. The van der Waals surface area contributed by atoms with Crippen molar-refractivity contribution in [1.82, 2.24) is 15.0 Å². The second kappa shape index (κ2) is 6.75. The van der Waals surface area contributed by atoms with Crippen molar-refractivity contribution in [3.05, 3.63) is 63.2 Å². The Hall–Kier alpha value is -2.94. The number of hydrogen-bond donors (Lipinski definition) is 1.